The minimum Gasteiger partial charge on any atom is -0.383 e. The van der Waals surface area contributed by atoms with Gasteiger partial charge < -0.3 is 15.1 Å². The van der Waals surface area contributed by atoms with Crippen LogP contribution in [-0.4, -0.2) is 43.0 Å². The molecule has 0 spiro atoms. The molecule has 0 aromatic heterocycles. The summed E-state index contributed by atoms with van der Waals surface area (Å²) in [6, 6.07) is 3.87. The van der Waals surface area contributed by atoms with Gasteiger partial charge in [-0.3, -0.25) is 20.8 Å². The third-order valence-electron chi connectivity index (χ3n) is 2.58. The van der Waals surface area contributed by atoms with E-state index in [0.717, 1.165) is 0 Å². The normalized spacial score (nSPS) is 10.1. The molecule has 19 heavy (non-hydrogen) atoms. The Labute approximate surface area is 110 Å². The highest BCUT2D eigenvalue weighted by atomic mass is 16.6. The predicted octanol–water partition coefficient (Wildman–Crippen LogP) is 0.599. The van der Waals surface area contributed by atoms with Crippen LogP contribution in [0.1, 0.15) is 10.4 Å². The Bertz CT molecular complexity index is 478. The standard InChI is InChI=1S/C11H16N4O4/c1-14(5-6-19-2)11(16)9-7-8(15(17)18)3-4-10(9)13-12/h3-4,7,13H,5-6,12H2,1-2H3. The Morgan fingerprint density at radius 2 is 2.26 bits per heavy atom. The Morgan fingerprint density at radius 1 is 1.58 bits per heavy atom. The minimum atomic E-state index is -0.563. The second-order valence-electron chi connectivity index (χ2n) is 3.85. The molecule has 0 saturated carbocycles. The zero-order valence-electron chi connectivity index (χ0n) is 10.8. The fourth-order valence-corrected chi connectivity index (χ4v) is 1.48. The average Bonchev–Trinajstić information content (AvgIpc) is 2.42. The summed E-state index contributed by atoms with van der Waals surface area (Å²) in [5.41, 5.74) is 2.67. The van der Waals surface area contributed by atoms with Gasteiger partial charge in [-0.1, -0.05) is 0 Å². The van der Waals surface area contributed by atoms with E-state index in [1.54, 1.807) is 7.05 Å². The molecule has 1 rings (SSSR count). The first kappa shape index (κ1) is 14.9. The first-order valence-electron chi connectivity index (χ1n) is 5.50. The van der Waals surface area contributed by atoms with E-state index in [2.05, 4.69) is 5.43 Å². The number of likely N-dealkylation sites (N-methyl/N-ethyl adjacent to an activating group) is 1. The fourth-order valence-electron chi connectivity index (χ4n) is 1.48. The number of non-ortho nitro benzene ring substituents is 1. The molecule has 0 atom stereocenters. The van der Waals surface area contributed by atoms with E-state index in [9.17, 15) is 14.9 Å². The lowest BCUT2D eigenvalue weighted by molar-refractivity contribution is -0.384. The van der Waals surface area contributed by atoms with Crippen molar-refractivity contribution in [3.05, 3.63) is 33.9 Å². The number of amides is 1. The number of nitro benzene ring substituents is 1. The van der Waals surface area contributed by atoms with Gasteiger partial charge in [-0.2, -0.15) is 0 Å². The molecule has 3 N–H and O–H groups in total. The summed E-state index contributed by atoms with van der Waals surface area (Å²) in [6.45, 7) is 0.755. The van der Waals surface area contributed by atoms with Crippen LogP contribution in [0.4, 0.5) is 11.4 Å². The Kier molecular flexibility index (Phi) is 5.22. The molecule has 1 aromatic rings. The van der Waals surface area contributed by atoms with Crippen LogP contribution in [0.15, 0.2) is 18.2 Å². The zero-order valence-corrected chi connectivity index (χ0v) is 10.8. The Morgan fingerprint density at radius 3 is 2.79 bits per heavy atom. The van der Waals surface area contributed by atoms with Crippen LogP contribution in [-0.2, 0) is 4.74 Å². The van der Waals surface area contributed by atoms with E-state index < -0.39 is 4.92 Å². The number of rotatable bonds is 6. The summed E-state index contributed by atoms with van der Waals surface area (Å²) in [5.74, 6) is 4.93. The van der Waals surface area contributed by atoms with Crippen LogP contribution in [0.5, 0.6) is 0 Å². The van der Waals surface area contributed by atoms with Crippen LogP contribution in [0.3, 0.4) is 0 Å². The number of nitrogens with two attached hydrogens (primary N) is 1. The molecule has 8 heteroatoms. The van der Waals surface area contributed by atoms with E-state index >= 15 is 0 Å². The van der Waals surface area contributed by atoms with Gasteiger partial charge in [-0.15, -0.1) is 0 Å². The highest BCUT2D eigenvalue weighted by Gasteiger charge is 2.19. The van der Waals surface area contributed by atoms with E-state index in [-0.39, 0.29) is 17.2 Å². The van der Waals surface area contributed by atoms with Gasteiger partial charge in [-0.25, -0.2) is 0 Å². The molecular weight excluding hydrogens is 252 g/mol. The third kappa shape index (κ3) is 3.63. The lowest BCUT2D eigenvalue weighted by Gasteiger charge is -2.18. The molecule has 0 heterocycles. The second kappa shape index (κ2) is 6.66. The third-order valence-corrected chi connectivity index (χ3v) is 2.58. The number of methoxy groups -OCH3 is 1. The van der Waals surface area contributed by atoms with E-state index in [1.165, 1.54) is 30.2 Å². The minimum absolute atomic E-state index is 0.148. The maximum atomic E-state index is 12.2. The number of carbonyl (C=O) groups is 1. The molecule has 0 radical (unpaired) electrons. The smallest absolute Gasteiger partial charge is 0.270 e. The molecular formula is C11H16N4O4. The van der Waals surface area contributed by atoms with Crippen molar-refractivity contribution in [2.75, 3.05) is 32.7 Å². The summed E-state index contributed by atoms with van der Waals surface area (Å²) >= 11 is 0. The van der Waals surface area contributed by atoms with Gasteiger partial charge in [0.2, 0.25) is 0 Å². The van der Waals surface area contributed by atoms with Gasteiger partial charge >= 0.3 is 0 Å². The molecule has 0 aliphatic heterocycles. The lowest BCUT2D eigenvalue weighted by atomic mass is 10.1. The van der Waals surface area contributed by atoms with Crippen LogP contribution >= 0.6 is 0 Å². The van der Waals surface area contributed by atoms with Crippen molar-refractivity contribution in [1.29, 1.82) is 0 Å². The van der Waals surface area contributed by atoms with E-state index in [1.807, 2.05) is 0 Å². The van der Waals surface area contributed by atoms with Gasteiger partial charge in [0.25, 0.3) is 11.6 Å². The van der Waals surface area contributed by atoms with Crippen LogP contribution in [0.2, 0.25) is 0 Å². The number of ether oxygens (including phenoxy) is 1. The number of nitrogens with one attached hydrogen (secondary N) is 1. The van der Waals surface area contributed by atoms with Crippen LogP contribution in [0, 0.1) is 10.1 Å². The van der Waals surface area contributed by atoms with Crippen molar-refractivity contribution in [1.82, 2.24) is 4.90 Å². The number of hydrogen-bond acceptors (Lipinski definition) is 6. The first-order valence-corrected chi connectivity index (χ1v) is 5.50. The lowest BCUT2D eigenvalue weighted by Crippen LogP contribution is -2.31. The summed E-state index contributed by atoms with van der Waals surface area (Å²) < 4.78 is 4.87. The Hall–Kier alpha value is -2.19. The predicted molar refractivity (Wildman–Crippen MR) is 69.7 cm³/mol. The highest BCUT2D eigenvalue weighted by Crippen LogP contribution is 2.22. The van der Waals surface area contributed by atoms with Gasteiger partial charge in [0.1, 0.15) is 0 Å². The van der Waals surface area contributed by atoms with Crippen molar-refractivity contribution >= 4 is 17.3 Å². The summed E-state index contributed by atoms with van der Waals surface area (Å²) in [5, 5.41) is 10.7. The molecule has 0 fully saturated rings. The fraction of sp³-hybridized carbons (Fsp3) is 0.364. The van der Waals surface area contributed by atoms with Crippen molar-refractivity contribution < 1.29 is 14.5 Å². The number of hydrazine groups is 1. The molecule has 0 aliphatic carbocycles. The second-order valence-corrected chi connectivity index (χ2v) is 3.85. The van der Waals surface area contributed by atoms with Gasteiger partial charge in [-0.05, 0) is 6.07 Å². The maximum Gasteiger partial charge on any atom is 0.270 e. The number of nitrogens with zero attached hydrogens (tertiary/aromatic N) is 2. The zero-order chi connectivity index (χ0) is 14.4. The number of nitro groups is 1. The average molecular weight is 268 g/mol. The molecule has 1 amide bonds. The van der Waals surface area contributed by atoms with Gasteiger partial charge in [0, 0.05) is 32.8 Å². The topological polar surface area (TPSA) is 111 Å². The van der Waals surface area contributed by atoms with Crippen LogP contribution < -0.4 is 11.3 Å². The van der Waals surface area contributed by atoms with Crippen molar-refractivity contribution in [3.8, 4) is 0 Å². The first-order chi connectivity index (χ1) is 9.01. The van der Waals surface area contributed by atoms with Crippen LogP contribution in [0.25, 0.3) is 0 Å². The molecule has 0 bridgehead atoms. The largest absolute Gasteiger partial charge is 0.383 e. The van der Waals surface area contributed by atoms with Gasteiger partial charge in [0.05, 0.1) is 22.8 Å². The number of hydrogen-bond donors (Lipinski definition) is 2. The van der Waals surface area contributed by atoms with Crippen molar-refractivity contribution in [3.63, 3.8) is 0 Å². The molecule has 104 valence electrons. The number of nitrogen functional groups attached to an aromatic ring is 1. The highest BCUT2D eigenvalue weighted by molar-refractivity contribution is 6.00. The molecule has 8 nitrogen and oxygen atoms in total. The molecule has 0 unspecified atom stereocenters. The van der Waals surface area contributed by atoms with E-state index in [0.29, 0.717) is 18.8 Å². The number of carbonyl (C=O) groups excluding carboxylic acids is 1. The summed E-state index contributed by atoms with van der Waals surface area (Å²) in [7, 11) is 3.11. The van der Waals surface area contributed by atoms with Crippen molar-refractivity contribution in [2.45, 2.75) is 0 Å². The number of benzene rings is 1. The SMILES string of the molecule is COCCN(C)C(=O)c1cc([N+](=O)[O-])ccc1NN. The maximum absolute atomic E-state index is 12.2. The van der Waals surface area contributed by atoms with Crippen molar-refractivity contribution in [2.24, 2.45) is 5.84 Å². The summed E-state index contributed by atoms with van der Waals surface area (Å²) in [6.07, 6.45) is 0. The van der Waals surface area contributed by atoms with Gasteiger partial charge in [0.15, 0.2) is 0 Å². The Balaban J connectivity index is 3.05. The molecule has 0 aliphatic rings. The van der Waals surface area contributed by atoms with E-state index in [4.69, 9.17) is 10.6 Å². The summed E-state index contributed by atoms with van der Waals surface area (Å²) in [4.78, 5) is 23.7. The monoisotopic (exact) mass is 268 g/mol. The molecule has 1 aromatic carbocycles. The quantitative estimate of drug-likeness (QED) is 0.444. The molecule has 0 saturated heterocycles. The number of anilines is 1.